The lowest BCUT2D eigenvalue weighted by atomic mass is 9.98. The number of rotatable bonds is 1. The summed E-state index contributed by atoms with van der Waals surface area (Å²) in [6.45, 7) is 2.16. The van der Waals surface area contributed by atoms with E-state index in [4.69, 9.17) is 5.11 Å². The second-order valence-corrected chi connectivity index (χ2v) is 2.39. The summed E-state index contributed by atoms with van der Waals surface area (Å²) in [4.78, 5) is 0. The average molecular weight is 124 g/mol. The highest BCUT2D eigenvalue weighted by atomic mass is 16.3. The molecule has 1 atom stereocenters. The van der Waals surface area contributed by atoms with Crippen LogP contribution in [0.4, 0.5) is 0 Å². The fraction of sp³-hybridized carbons (Fsp3) is 0.500. The number of hydrogen-bond donors (Lipinski definition) is 1. The maximum absolute atomic E-state index is 8.90. The fourth-order valence-corrected chi connectivity index (χ4v) is 0.956. The van der Waals surface area contributed by atoms with Crippen molar-refractivity contribution < 1.29 is 5.11 Å². The number of aliphatic hydroxyl groups is 1. The Hall–Kier alpha value is -0.720. The number of hydrogen-bond acceptors (Lipinski definition) is 1. The van der Waals surface area contributed by atoms with Gasteiger partial charge in [0.1, 0.15) is 5.76 Å². The molecular formula is C8H12O. The van der Waals surface area contributed by atoms with Gasteiger partial charge in [-0.1, -0.05) is 13.0 Å². The third-order valence-corrected chi connectivity index (χ3v) is 1.69. The van der Waals surface area contributed by atoms with Crippen LogP contribution in [0, 0.1) is 5.92 Å². The molecule has 1 heteroatoms. The van der Waals surface area contributed by atoms with Gasteiger partial charge in [0, 0.05) is 0 Å². The third kappa shape index (κ3) is 1.60. The van der Waals surface area contributed by atoms with Gasteiger partial charge >= 0.3 is 0 Å². The molecule has 0 aromatic heterocycles. The van der Waals surface area contributed by atoms with Crippen LogP contribution in [0.1, 0.15) is 19.8 Å². The van der Waals surface area contributed by atoms with Crippen LogP contribution in [0.25, 0.3) is 0 Å². The standard InChI is InChI=1S/C8H12O/c1-2-7-3-5-8(9)6-4-7/h3,5-7,9H,2,4H2,1H3. The Morgan fingerprint density at radius 3 is 3.00 bits per heavy atom. The molecule has 1 aliphatic carbocycles. The molecule has 0 aliphatic heterocycles. The lowest BCUT2D eigenvalue weighted by Gasteiger charge is -2.09. The zero-order chi connectivity index (χ0) is 6.69. The smallest absolute Gasteiger partial charge is 0.111 e. The topological polar surface area (TPSA) is 20.2 Å². The molecule has 0 heterocycles. The van der Waals surface area contributed by atoms with E-state index in [1.807, 2.05) is 6.08 Å². The van der Waals surface area contributed by atoms with Gasteiger partial charge in [-0.25, -0.2) is 0 Å². The van der Waals surface area contributed by atoms with Crippen molar-refractivity contribution in [3.05, 3.63) is 24.0 Å². The highest BCUT2D eigenvalue weighted by Gasteiger charge is 2.03. The van der Waals surface area contributed by atoms with E-state index in [0.29, 0.717) is 11.7 Å². The van der Waals surface area contributed by atoms with E-state index in [0.717, 1.165) is 6.42 Å². The summed E-state index contributed by atoms with van der Waals surface area (Å²) in [5.41, 5.74) is 0. The first-order valence-electron chi connectivity index (χ1n) is 3.40. The van der Waals surface area contributed by atoms with Crippen LogP contribution in [-0.2, 0) is 0 Å². The molecule has 1 N–H and O–H groups in total. The van der Waals surface area contributed by atoms with Gasteiger partial charge in [0.25, 0.3) is 0 Å². The summed E-state index contributed by atoms with van der Waals surface area (Å²) < 4.78 is 0. The van der Waals surface area contributed by atoms with Crippen LogP contribution in [0.3, 0.4) is 0 Å². The van der Waals surface area contributed by atoms with Crippen molar-refractivity contribution >= 4 is 0 Å². The van der Waals surface area contributed by atoms with Gasteiger partial charge in [-0.05, 0) is 30.9 Å². The molecule has 0 fully saturated rings. The summed E-state index contributed by atoms with van der Waals surface area (Å²) in [5, 5.41) is 8.90. The van der Waals surface area contributed by atoms with Crippen LogP contribution >= 0.6 is 0 Å². The molecule has 0 radical (unpaired) electrons. The van der Waals surface area contributed by atoms with Crippen LogP contribution in [-0.4, -0.2) is 5.11 Å². The Morgan fingerprint density at radius 1 is 1.78 bits per heavy atom. The van der Waals surface area contributed by atoms with Crippen molar-refractivity contribution in [3.8, 4) is 0 Å². The van der Waals surface area contributed by atoms with Gasteiger partial charge in [0.15, 0.2) is 0 Å². The predicted molar refractivity (Wildman–Crippen MR) is 38.2 cm³/mol. The minimum Gasteiger partial charge on any atom is -0.508 e. The number of allylic oxidation sites excluding steroid dienone is 3. The minimum atomic E-state index is 0.416. The van der Waals surface area contributed by atoms with Crippen LogP contribution in [0.15, 0.2) is 24.0 Å². The Labute approximate surface area is 55.7 Å². The predicted octanol–water partition coefficient (Wildman–Crippen LogP) is 2.41. The quantitative estimate of drug-likeness (QED) is 0.569. The molecule has 0 aromatic rings. The van der Waals surface area contributed by atoms with Crippen molar-refractivity contribution in [1.82, 2.24) is 0 Å². The summed E-state index contributed by atoms with van der Waals surface area (Å²) >= 11 is 0. The van der Waals surface area contributed by atoms with E-state index < -0.39 is 0 Å². The molecular weight excluding hydrogens is 112 g/mol. The van der Waals surface area contributed by atoms with E-state index in [9.17, 15) is 0 Å². The first kappa shape index (κ1) is 6.40. The highest BCUT2D eigenvalue weighted by molar-refractivity contribution is 5.16. The first-order chi connectivity index (χ1) is 4.33. The highest BCUT2D eigenvalue weighted by Crippen LogP contribution is 2.16. The lowest BCUT2D eigenvalue weighted by Crippen LogP contribution is -1.96. The molecule has 0 aromatic carbocycles. The largest absolute Gasteiger partial charge is 0.508 e. The van der Waals surface area contributed by atoms with Gasteiger partial charge in [-0.15, -0.1) is 0 Å². The molecule has 9 heavy (non-hydrogen) atoms. The Bertz CT molecular complexity index is 145. The molecule has 50 valence electrons. The summed E-state index contributed by atoms with van der Waals surface area (Å²) in [5.74, 6) is 1.07. The van der Waals surface area contributed by atoms with E-state index in [1.165, 1.54) is 6.42 Å². The molecule has 0 bridgehead atoms. The molecule has 1 nitrogen and oxygen atoms in total. The van der Waals surface area contributed by atoms with Gasteiger partial charge in [0.2, 0.25) is 0 Å². The third-order valence-electron chi connectivity index (χ3n) is 1.69. The van der Waals surface area contributed by atoms with Gasteiger partial charge < -0.3 is 5.11 Å². The van der Waals surface area contributed by atoms with E-state index in [1.54, 1.807) is 6.08 Å². The maximum Gasteiger partial charge on any atom is 0.111 e. The second-order valence-electron chi connectivity index (χ2n) is 2.39. The van der Waals surface area contributed by atoms with E-state index in [2.05, 4.69) is 13.0 Å². The molecule has 0 saturated carbocycles. The molecule has 0 saturated heterocycles. The van der Waals surface area contributed by atoms with Crippen molar-refractivity contribution in [2.45, 2.75) is 19.8 Å². The van der Waals surface area contributed by atoms with Crippen LogP contribution in [0.5, 0.6) is 0 Å². The zero-order valence-electron chi connectivity index (χ0n) is 5.67. The van der Waals surface area contributed by atoms with E-state index in [-0.39, 0.29) is 0 Å². The van der Waals surface area contributed by atoms with Crippen molar-refractivity contribution in [2.75, 3.05) is 0 Å². The van der Waals surface area contributed by atoms with Gasteiger partial charge in [0.05, 0.1) is 0 Å². The fourth-order valence-electron chi connectivity index (χ4n) is 0.956. The van der Waals surface area contributed by atoms with Crippen molar-refractivity contribution in [1.29, 1.82) is 0 Å². The minimum absolute atomic E-state index is 0.416. The van der Waals surface area contributed by atoms with Crippen molar-refractivity contribution in [3.63, 3.8) is 0 Å². The van der Waals surface area contributed by atoms with Gasteiger partial charge in [-0.2, -0.15) is 0 Å². The lowest BCUT2D eigenvalue weighted by molar-refractivity contribution is 0.420. The molecule has 1 unspecified atom stereocenters. The summed E-state index contributed by atoms with van der Waals surface area (Å²) in [6, 6.07) is 0. The molecule has 0 amide bonds. The molecule has 1 aliphatic rings. The summed E-state index contributed by atoms with van der Waals surface area (Å²) in [6.07, 6.45) is 7.88. The Kier molecular flexibility index (Phi) is 1.93. The van der Waals surface area contributed by atoms with Crippen LogP contribution < -0.4 is 0 Å². The maximum atomic E-state index is 8.90. The Balaban J connectivity index is 2.48. The SMILES string of the molecule is CCC1C=CC(O)=CC1. The number of aliphatic hydroxyl groups excluding tert-OH is 1. The average Bonchev–Trinajstić information content (AvgIpc) is 1.90. The first-order valence-corrected chi connectivity index (χ1v) is 3.40. The van der Waals surface area contributed by atoms with Crippen LogP contribution in [0.2, 0.25) is 0 Å². The van der Waals surface area contributed by atoms with E-state index >= 15 is 0 Å². The monoisotopic (exact) mass is 124 g/mol. The second kappa shape index (κ2) is 2.72. The normalized spacial score (nSPS) is 25.9. The zero-order valence-corrected chi connectivity index (χ0v) is 5.67. The molecule has 1 rings (SSSR count). The van der Waals surface area contributed by atoms with Crippen molar-refractivity contribution in [2.24, 2.45) is 5.92 Å². The Morgan fingerprint density at radius 2 is 2.56 bits per heavy atom. The molecule has 0 spiro atoms. The van der Waals surface area contributed by atoms with Gasteiger partial charge in [-0.3, -0.25) is 0 Å². The summed E-state index contributed by atoms with van der Waals surface area (Å²) in [7, 11) is 0.